The summed E-state index contributed by atoms with van der Waals surface area (Å²) < 4.78 is 1.67. The van der Waals surface area contributed by atoms with Gasteiger partial charge >= 0.3 is 0 Å². The van der Waals surface area contributed by atoms with Crippen molar-refractivity contribution in [3.05, 3.63) is 54.4 Å². The van der Waals surface area contributed by atoms with Crippen molar-refractivity contribution in [2.24, 2.45) is 0 Å². The largest absolute Gasteiger partial charge is 0.369 e. The quantitative estimate of drug-likeness (QED) is 0.708. The lowest BCUT2D eigenvalue weighted by Gasteiger charge is -2.05. The summed E-state index contributed by atoms with van der Waals surface area (Å²) in [5.74, 6) is 0.848. The first kappa shape index (κ1) is 11.6. The maximum absolute atomic E-state index is 4.36. The lowest BCUT2D eigenvalue weighted by molar-refractivity contribution is 0.845. The summed E-state index contributed by atoms with van der Waals surface area (Å²) in [6.07, 6.45) is 3.75. The van der Waals surface area contributed by atoms with E-state index in [4.69, 9.17) is 0 Å². The van der Waals surface area contributed by atoms with E-state index in [0.29, 0.717) is 0 Å². The monoisotopic (exact) mass is 253 g/mol. The Balaban J connectivity index is 1.52. The molecule has 0 amide bonds. The van der Waals surface area contributed by atoms with Crippen LogP contribution in [0.3, 0.4) is 0 Å². The number of aromatic nitrogens is 4. The number of anilines is 1. The van der Waals surface area contributed by atoms with Crippen LogP contribution in [0.25, 0.3) is 5.65 Å². The third kappa shape index (κ3) is 2.88. The van der Waals surface area contributed by atoms with E-state index in [0.717, 1.165) is 30.9 Å². The number of aryl methyl sites for hydroxylation is 1. The zero-order valence-electron chi connectivity index (χ0n) is 10.5. The number of rotatable bonds is 5. The Hall–Kier alpha value is -2.43. The number of hydrogen-bond acceptors (Lipinski definition) is 4. The zero-order chi connectivity index (χ0) is 12.9. The van der Waals surface area contributed by atoms with Crippen LogP contribution in [0.4, 0.5) is 5.82 Å². The summed E-state index contributed by atoms with van der Waals surface area (Å²) in [7, 11) is 0. The summed E-state index contributed by atoms with van der Waals surface area (Å²) in [5.41, 5.74) is 2.13. The highest BCUT2D eigenvalue weighted by molar-refractivity contribution is 5.42. The molecule has 96 valence electrons. The van der Waals surface area contributed by atoms with Gasteiger partial charge in [0.2, 0.25) is 0 Å². The van der Waals surface area contributed by atoms with Crippen LogP contribution in [0.15, 0.2) is 48.8 Å². The second-order valence-electron chi connectivity index (χ2n) is 4.37. The van der Waals surface area contributed by atoms with E-state index >= 15 is 0 Å². The molecule has 2 heterocycles. The maximum Gasteiger partial charge on any atom is 0.177 e. The van der Waals surface area contributed by atoms with Crippen molar-refractivity contribution in [2.75, 3.05) is 11.9 Å². The highest BCUT2D eigenvalue weighted by Crippen LogP contribution is 2.06. The van der Waals surface area contributed by atoms with Crippen molar-refractivity contribution in [3.63, 3.8) is 0 Å². The topological polar surface area (TPSA) is 55.1 Å². The minimum Gasteiger partial charge on any atom is -0.369 e. The molecule has 0 atom stereocenters. The molecule has 1 N–H and O–H groups in total. The first-order chi connectivity index (χ1) is 9.42. The summed E-state index contributed by atoms with van der Waals surface area (Å²) in [6, 6.07) is 14.3. The molecular weight excluding hydrogens is 238 g/mol. The highest BCUT2D eigenvalue weighted by atomic mass is 15.4. The lowest BCUT2D eigenvalue weighted by Crippen LogP contribution is -2.06. The van der Waals surface area contributed by atoms with Gasteiger partial charge in [-0.15, -0.1) is 15.3 Å². The van der Waals surface area contributed by atoms with Gasteiger partial charge in [-0.1, -0.05) is 30.3 Å². The zero-order valence-corrected chi connectivity index (χ0v) is 10.5. The highest BCUT2D eigenvalue weighted by Gasteiger charge is 1.98. The minimum absolute atomic E-state index is 0.759. The molecule has 0 saturated carbocycles. The summed E-state index contributed by atoms with van der Waals surface area (Å²) >= 11 is 0. The molecular formula is C14H15N5. The van der Waals surface area contributed by atoms with Crippen LogP contribution in [0, 0.1) is 0 Å². The Morgan fingerprint density at radius 2 is 1.95 bits per heavy atom. The minimum atomic E-state index is 0.759. The maximum atomic E-state index is 4.36. The third-order valence-electron chi connectivity index (χ3n) is 2.95. The van der Waals surface area contributed by atoms with E-state index in [1.54, 1.807) is 10.8 Å². The first-order valence-electron chi connectivity index (χ1n) is 6.37. The smallest absolute Gasteiger partial charge is 0.177 e. The summed E-state index contributed by atoms with van der Waals surface area (Å²) in [6.45, 7) is 0.898. The van der Waals surface area contributed by atoms with E-state index in [1.807, 2.05) is 18.2 Å². The molecule has 0 radical (unpaired) electrons. The number of hydrogen-bond donors (Lipinski definition) is 1. The molecule has 0 aliphatic carbocycles. The van der Waals surface area contributed by atoms with Gasteiger partial charge < -0.3 is 5.32 Å². The van der Waals surface area contributed by atoms with Crippen LogP contribution in [0.5, 0.6) is 0 Å². The van der Waals surface area contributed by atoms with Gasteiger partial charge in [0.25, 0.3) is 0 Å². The van der Waals surface area contributed by atoms with Gasteiger partial charge in [-0.3, -0.25) is 0 Å². The Labute approximate surface area is 111 Å². The Kier molecular flexibility index (Phi) is 3.36. The van der Waals surface area contributed by atoms with E-state index in [2.05, 4.69) is 44.9 Å². The van der Waals surface area contributed by atoms with Gasteiger partial charge in [-0.05, 0) is 30.5 Å². The molecule has 0 aliphatic rings. The van der Waals surface area contributed by atoms with Crippen molar-refractivity contribution in [3.8, 4) is 0 Å². The average Bonchev–Trinajstić information content (AvgIpc) is 2.92. The molecule has 1 aromatic carbocycles. The first-order valence-corrected chi connectivity index (χ1v) is 6.37. The number of nitrogens with one attached hydrogen (secondary N) is 1. The van der Waals surface area contributed by atoms with E-state index in [9.17, 15) is 0 Å². The Morgan fingerprint density at radius 1 is 1.05 bits per heavy atom. The molecule has 2 aromatic heterocycles. The lowest BCUT2D eigenvalue weighted by atomic mass is 10.1. The van der Waals surface area contributed by atoms with Gasteiger partial charge in [-0.2, -0.15) is 4.52 Å². The third-order valence-corrected chi connectivity index (χ3v) is 2.95. The average molecular weight is 253 g/mol. The molecule has 0 unspecified atom stereocenters. The van der Waals surface area contributed by atoms with Crippen LogP contribution in [-0.2, 0) is 6.42 Å². The molecule has 19 heavy (non-hydrogen) atoms. The number of nitrogens with zero attached hydrogens (tertiary/aromatic N) is 4. The molecule has 3 aromatic rings. The second-order valence-corrected chi connectivity index (χ2v) is 4.37. The van der Waals surface area contributed by atoms with Crippen LogP contribution >= 0.6 is 0 Å². The van der Waals surface area contributed by atoms with Gasteiger partial charge in [0.1, 0.15) is 12.1 Å². The van der Waals surface area contributed by atoms with Crippen LogP contribution in [-0.4, -0.2) is 26.4 Å². The van der Waals surface area contributed by atoms with E-state index in [-0.39, 0.29) is 0 Å². The fourth-order valence-corrected chi connectivity index (χ4v) is 1.98. The molecule has 0 fully saturated rings. The molecule has 3 rings (SSSR count). The van der Waals surface area contributed by atoms with E-state index < -0.39 is 0 Å². The molecule has 5 heteroatoms. The van der Waals surface area contributed by atoms with Crippen molar-refractivity contribution in [1.82, 2.24) is 19.8 Å². The van der Waals surface area contributed by atoms with Crippen LogP contribution in [0.1, 0.15) is 12.0 Å². The van der Waals surface area contributed by atoms with Gasteiger partial charge in [0.05, 0.1) is 0 Å². The summed E-state index contributed by atoms with van der Waals surface area (Å²) in [5, 5.41) is 15.4. The number of fused-ring (bicyclic) bond motifs is 1. The Bertz CT molecular complexity index is 647. The fraction of sp³-hybridized carbons (Fsp3) is 0.214. The normalized spacial score (nSPS) is 10.7. The number of benzene rings is 1. The standard InChI is InChI=1S/C14H15N5/c1-2-5-12(6-3-1)7-4-10-15-13-8-9-14-17-16-11-19(14)18-13/h1-3,5-6,8-9,11H,4,7,10H2,(H,15,18). The van der Waals surface area contributed by atoms with Gasteiger partial charge in [0.15, 0.2) is 5.65 Å². The predicted octanol–water partition coefficient (Wildman–Crippen LogP) is 2.17. The van der Waals surface area contributed by atoms with Crippen LogP contribution < -0.4 is 5.32 Å². The van der Waals surface area contributed by atoms with Crippen molar-refractivity contribution in [2.45, 2.75) is 12.8 Å². The molecule has 5 nitrogen and oxygen atoms in total. The fourth-order valence-electron chi connectivity index (χ4n) is 1.98. The Morgan fingerprint density at radius 3 is 2.84 bits per heavy atom. The van der Waals surface area contributed by atoms with Crippen molar-refractivity contribution < 1.29 is 0 Å². The summed E-state index contributed by atoms with van der Waals surface area (Å²) in [4.78, 5) is 0. The van der Waals surface area contributed by atoms with Crippen molar-refractivity contribution in [1.29, 1.82) is 0 Å². The van der Waals surface area contributed by atoms with Crippen LogP contribution in [0.2, 0.25) is 0 Å². The molecule has 0 aliphatic heterocycles. The molecule has 0 bridgehead atoms. The van der Waals surface area contributed by atoms with Gasteiger partial charge in [-0.25, -0.2) is 0 Å². The molecule has 0 spiro atoms. The van der Waals surface area contributed by atoms with E-state index in [1.165, 1.54) is 5.56 Å². The predicted molar refractivity (Wildman–Crippen MR) is 74.0 cm³/mol. The second kappa shape index (κ2) is 5.48. The van der Waals surface area contributed by atoms with Gasteiger partial charge in [0, 0.05) is 6.54 Å². The molecule has 0 saturated heterocycles. The van der Waals surface area contributed by atoms with Crippen molar-refractivity contribution >= 4 is 11.5 Å². The SMILES string of the molecule is c1ccc(CCCNc2ccc3nncn3n2)cc1.